The third-order valence-electron chi connectivity index (χ3n) is 4.25. The van der Waals surface area contributed by atoms with E-state index in [9.17, 15) is 4.79 Å². The molecule has 1 aliphatic heterocycles. The molecule has 0 aromatic heterocycles. The molecule has 1 aromatic rings. The number of rotatable bonds is 2. The Balaban J connectivity index is 2.07. The van der Waals surface area contributed by atoms with Crippen LogP contribution < -0.4 is 5.73 Å². The monoisotopic (exact) mass is 274 g/mol. The summed E-state index contributed by atoms with van der Waals surface area (Å²) in [7, 11) is 0. The minimum Gasteiger partial charge on any atom is -0.338 e. The van der Waals surface area contributed by atoms with Crippen LogP contribution in [0.1, 0.15) is 50.0 Å². The number of amides is 1. The first kappa shape index (κ1) is 15.0. The fraction of sp³-hybridized carbons (Fsp3) is 0.588. The van der Waals surface area contributed by atoms with Crippen molar-refractivity contribution in [3.8, 4) is 0 Å². The zero-order valence-electron chi connectivity index (χ0n) is 13.0. The summed E-state index contributed by atoms with van der Waals surface area (Å²) in [6.45, 7) is 10.2. The largest absolute Gasteiger partial charge is 0.338 e. The highest BCUT2D eigenvalue weighted by Gasteiger charge is 2.29. The average molecular weight is 274 g/mol. The van der Waals surface area contributed by atoms with Crippen LogP contribution in [0.25, 0.3) is 0 Å². The van der Waals surface area contributed by atoms with Gasteiger partial charge >= 0.3 is 0 Å². The van der Waals surface area contributed by atoms with Gasteiger partial charge < -0.3 is 10.6 Å². The number of nitrogens with two attached hydrogens (primary N) is 1. The van der Waals surface area contributed by atoms with Gasteiger partial charge in [0.25, 0.3) is 5.91 Å². The Morgan fingerprint density at radius 2 is 1.90 bits per heavy atom. The molecule has 3 heteroatoms. The Kier molecular flexibility index (Phi) is 4.19. The van der Waals surface area contributed by atoms with E-state index in [1.54, 1.807) is 0 Å². The normalized spacial score (nSPS) is 21.1. The van der Waals surface area contributed by atoms with E-state index in [4.69, 9.17) is 5.73 Å². The van der Waals surface area contributed by atoms with Gasteiger partial charge in [0.2, 0.25) is 0 Å². The summed E-state index contributed by atoms with van der Waals surface area (Å²) in [5.41, 5.74) is 8.08. The maximum absolute atomic E-state index is 12.5. The molecule has 2 rings (SSSR count). The smallest absolute Gasteiger partial charge is 0.253 e. The maximum atomic E-state index is 12.5. The Morgan fingerprint density at radius 1 is 1.30 bits per heavy atom. The Labute approximate surface area is 122 Å². The zero-order valence-corrected chi connectivity index (χ0v) is 13.0. The van der Waals surface area contributed by atoms with Crippen LogP contribution >= 0.6 is 0 Å². The van der Waals surface area contributed by atoms with Crippen LogP contribution in [0.3, 0.4) is 0 Å². The van der Waals surface area contributed by atoms with Crippen LogP contribution in [0.15, 0.2) is 24.3 Å². The van der Waals surface area contributed by atoms with Crippen molar-refractivity contribution >= 4 is 5.91 Å². The number of benzene rings is 1. The second kappa shape index (κ2) is 5.57. The Hall–Kier alpha value is -1.35. The molecule has 2 unspecified atom stereocenters. The van der Waals surface area contributed by atoms with Crippen molar-refractivity contribution in [1.82, 2.24) is 4.90 Å². The van der Waals surface area contributed by atoms with Crippen molar-refractivity contribution in [3.63, 3.8) is 0 Å². The quantitative estimate of drug-likeness (QED) is 0.901. The van der Waals surface area contributed by atoms with Gasteiger partial charge in [0.05, 0.1) is 0 Å². The molecule has 1 heterocycles. The first-order chi connectivity index (χ1) is 9.29. The molecule has 1 aromatic carbocycles. The third kappa shape index (κ3) is 3.21. The lowest BCUT2D eigenvalue weighted by Crippen LogP contribution is -2.33. The van der Waals surface area contributed by atoms with Gasteiger partial charge in [-0.15, -0.1) is 0 Å². The van der Waals surface area contributed by atoms with Crippen LogP contribution in [-0.4, -0.2) is 29.9 Å². The molecule has 20 heavy (non-hydrogen) atoms. The molecule has 0 spiro atoms. The molecule has 110 valence electrons. The van der Waals surface area contributed by atoms with Crippen molar-refractivity contribution in [2.24, 2.45) is 11.7 Å². The molecule has 1 fully saturated rings. The maximum Gasteiger partial charge on any atom is 0.253 e. The number of carbonyl (C=O) groups excluding carboxylic acids is 1. The molecule has 2 atom stereocenters. The van der Waals surface area contributed by atoms with Gasteiger partial charge in [0, 0.05) is 24.7 Å². The summed E-state index contributed by atoms with van der Waals surface area (Å²) in [6.07, 6.45) is 1.02. The lowest BCUT2D eigenvalue weighted by molar-refractivity contribution is 0.0786. The van der Waals surface area contributed by atoms with Gasteiger partial charge in [-0.3, -0.25) is 4.79 Å². The van der Waals surface area contributed by atoms with Gasteiger partial charge in [-0.1, -0.05) is 32.9 Å². The molecule has 0 bridgehead atoms. The molecule has 1 aliphatic rings. The van der Waals surface area contributed by atoms with Gasteiger partial charge in [0.1, 0.15) is 0 Å². The Bertz CT molecular complexity index is 471. The van der Waals surface area contributed by atoms with Crippen molar-refractivity contribution in [1.29, 1.82) is 0 Å². The lowest BCUT2D eigenvalue weighted by atomic mass is 9.86. The van der Waals surface area contributed by atoms with E-state index in [1.807, 2.05) is 24.0 Å². The van der Waals surface area contributed by atoms with Crippen LogP contribution in [-0.2, 0) is 5.41 Å². The molecule has 0 saturated carbocycles. The van der Waals surface area contributed by atoms with E-state index in [0.717, 1.165) is 25.1 Å². The summed E-state index contributed by atoms with van der Waals surface area (Å²) in [6, 6.07) is 8.18. The van der Waals surface area contributed by atoms with Gasteiger partial charge in [-0.05, 0) is 42.4 Å². The van der Waals surface area contributed by atoms with Crippen molar-refractivity contribution in [2.75, 3.05) is 13.1 Å². The Morgan fingerprint density at radius 3 is 2.35 bits per heavy atom. The van der Waals surface area contributed by atoms with E-state index < -0.39 is 0 Å². The van der Waals surface area contributed by atoms with Crippen LogP contribution in [0, 0.1) is 5.92 Å². The van der Waals surface area contributed by atoms with Gasteiger partial charge in [-0.25, -0.2) is 0 Å². The molecule has 0 aliphatic carbocycles. The summed E-state index contributed by atoms with van der Waals surface area (Å²) in [5.74, 6) is 0.571. The van der Waals surface area contributed by atoms with E-state index in [-0.39, 0.29) is 17.4 Å². The molecular formula is C17H26N2O. The number of likely N-dealkylation sites (tertiary alicyclic amines) is 1. The second-order valence-corrected chi connectivity index (χ2v) is 6.99. The number of hydrogen-bond donors (Lipinski definition) is 1. The SMILES string of the molecule is CC(N)C1CCN(C(=O)c2ccc(C(C)(C)C)cc2)C1. The van der Waals surface area contributed by atoms with Crippen LogP contribution in [0.2, 0.25) is 0 Å². The summed E-state index contributed by atoms with van der Waals surface area (Å²) in [4.78, 5) is 14.4. The van der Waals surface area contributed by atoms with Gasteiger partial charge in [-0.2, -0.15) is 0 Å². The van der Waals surface area contributed by atoms with Crippen LogP contribution in [0.5, 0.6) is 0 Å². The van der Waals surface area contributed by atoms with Crippen LogP contribution in [0.4, 0.5) is 0 Å². The fourth-order valence-electron chi connectivity index (χ4n) is 2.70. The number of nitrogens with zero attached hydrogens (tertiary/aromatic N) is 1. The number of carbonyl (C=O) groups is 1. The molecule has 2 N–H and O–H groups in total. The van der Waals surface area contributed by atoms with Gasteiger partial charge in [0.15, 0.2) is 0 Å². The summed E-state index contributed by atoms with van der Waals surface area (Å²) in [5, 5.41) is 0. The average Bonchev–Trinajstić information content (AvgIpc) is 2.86. The summed E-state index contributed by atoms with van der Waals surface area (Å²) >= 11 is 0. The molecule has 1 saturated heterocycles. The minimum absolute atomic E-state index is 0.120. The van der Waals surface area contributed by atoms with Crippen molar-refractivity contribution < 1.29 is 4.79 Å². The zero-order chi connectivity index (χ0) is 14.9. The minimum atomic E-state index is 0.120. The van der Waals surface area contributed by atoms with E-state index >= 15 is 0 Å². The highest BCUT2D eigenvalue weighted by molar-refractivity contribution is 5.94. The van der Waals surface area contributed by atoms with E-state index in [1.165, 1.54) is 5.56 Å². The predicted molar refractivity (Wildman–Crippen MR) is 82.8 cm³/mol. The highest BCUT2D eigenvalue weighted by atomic mass is 16.2. The topological polar surface area (TPSA) is 46.3 Å². The summed E-state index contributed by atoms with van der Waals surface area (Å²) < 4.78 is 0. The first-order valence-corrected chi connectivity index (χ1v) is 7.44. The first-order valence-electron chi connectivity index (χ1n) is 7.44. The predicted octanol–water partition coefficient (Wildman–Crippen LogP) is 2.79. The molecule has 0 radical (unpaired) electrons. The fourth-order valence-corrected chi connectivity index (χ4v) is 2.70. The number of hydrogen-bond acceptors (Lipinski definition) is 2. The van der Waals surface area contributed by atoms with Crippen molar-refractivity contribution in [3.05, 3.63) is 35.4 Å². The van der Waals surface area contributed by atoms with E-state index in [2.05, 4.69) is 32.9 Å². The third-order valence-corrected chi connectivity index (χ3v) is 4.25. The second-order valence-electron chi connectivity index (χ2n) is 6.99. The van der Waals surface area contributed by atoms with Crippen molar-refractivity contribution in [2.45, 2.75) is 45.6 Å². The molecule has 1 amide bonds. The molecular weight excluding hydrogens is 248 g/mol. The standard InChI is InChI=1S/C17H26N2O/c1-12(18)14-9-10-19(11-14)16(20)13-5-7-15(8-6-13)17(2,3)4/h5-8,12,14H,9-11,18H2,1-4H3. The lowest BCUT2D eigenvalue weighted by Gasteiger charge is -2.21. The van der Waals surface area contributed by atoms with E-state index in [0.29, 0.717) is 5.92 Å². The highest BCUT2D eigenvalue weighted by Crippen LogP contribution is 2.24. The molecule has 3 nitrogen and oxygen atoms in total.